The molecule has 2 aromatic rings. The third-order valence-corrected chi connectivity index (χ3v) is 5.24. The van der Waals surface area contributed by atoms with E-state index in [2.05, 4.69) is 20.7 Å². The summed E-state index contributed by atoms with van der Waals surface area (Å²) in [6.07, 6.45) is 1.74. The fourth-order valence-corrected chi connectivity index (χ4v) is 3.74. The molecule has 2 rings (SSSR count). The molecule has 146 valence electrons. The number of hydrogen-bond acceptors (Lipinski definition) is 8. The number of thioether (sulfide) groups is 1. The second kappa shape index (κ2) is 8.86. The number of rotatable bonds is 7. The number of nitrogens with zero attached hydrogens (tertiary/aromatic N) is 2. The predicted octanol–water partition coefficient (Wildman–Crippen LogP) is 0.838. The van der Waals surface area contributed by atoms with E-state index in [1.807, 2.05) is 0 Å². The molecular formula is C15H19N5O5S2. The van der Waals surface area contributed by atoms with E-state index in [1.54, 1.807) is 20.1 Å². The number of hydrogen-bond donors (Lipinski definition) is 3. The summed E-state index contributed by atoms with van der Waals surface area (Å²) in [6, 6.07) is 0. The Bertz CT molecular complexity index is 930. The highest BCUT2D eigenvalue weighted by Gasteiger charge is 2.26. The standard InChI is InChI=1S/C15H19N5O5S2/c1-5-25-13(23)9-7(2)10(11(22)16-3)27-12(9)17-8(21)6-20-15(24)18-14(19-20)26-4/h5-6H2,1-4H3,(H,16,22)(H,17,21)(H,18,19,24). The van der Waals surface area contributed by atoms with E-state index in [0.717, 1.165) is 16.0 Å². The zero-order valence-electron chi connectivity index (χ0n) is 15.2. The number of nitrogens with one attached hydrogen (secondary N) is 3. The number of aromatic nitrogens is 3. The number of H-pyrrole nitrogens is 1. The van der Waals surface area contributed by atoms with E-state index < -0.39 is 17.6 Å². The molecule has 0 unspecified atom stereocenters. The highest BCUT2D eigenvalue weighted by Crippen LogP contribution is 2.33. The quantitative estimate of drug-likeness (QED) is 0.452. The number of amides is 2. The number of anilines is 1. The lowest BCUT2D eigenvalue weighted by Gasteiger charge is -2.07. The molecule has 0 aromatic carbocycles. The Balaban J connectivity index is 2.31. The van der Waals surface area contributed by atoms with Crippen molar-refractivity contribution in [2.45, 2.75) is 25.5 Å². The highest BCUT2D eigenvalue weighted by molar-refractivity contribution is 7.98. The molecule has 0 aliphatic heterocycles. The number of ether oxygens (including phenoxy) is 1. The largest absolute Gasteiger partial charge is 0.462 e. The van der Waals surface area contributed by atoms with Crippen LogP contribution in [0.4, 0.5) is 5.00 Å². The van der Waals surface area contributed by atoms with Crippen molar-refractivity contribution in [3.05, 3.63) is 26.5 Å². The van der Waals surface area contributed by atoms with E-state index >= 15 is 0 Å². The molecule has 2 amide bonds. The molecule has 0 saturated carbocycles. The summed E-state index contributed by atoms with van der Waals surface area (Å²) in [5.41, 5.74) is 0.0104. The fraction of sp³-hybridized carbons (Fsp3) is 0.400. The first kappa shape index (κ1) is 20.7. The molecule has 0 spiro atoms. The van der Waals surface area contributed by atoms with Gasteiger partial charge in [-0.25, -0.2) is 14.3 Å². The van der Waals surface area contributed by atoms with Crippen LogP contribution in [-0.2, 0) is 16.1 Å². The van der Waals surface area contributed by atoms with Crippen molar-refractivity contribution in [1.29, 1.82) is 0 Å². The average molecular weight is 413 g/mol. The minimum Gasteiger partial charge on any atom is -0.462 e. The van der Waals surface area contributed by atoms with Gasteiger partial charge in [-0.1, -0.05) is 11.8 Å². The summed E-state index contributed by atoms with van der Waals surface area (Å²) in [6.45, 7) is 3.07. The summed E-state index contributed by atoms with van der Waals surface area (Å²) in [7, 11) is 1.47. The van der Waals surface area contributed by atoms with E-state index in [9.17, 15) is 19.2 Å². The lowest BCUT2D eigenvalue weighted by molar-refractivity contribution is -0.117. The Hall–Kier alpha value is -2.60. The van der Waals surface area contributed by atoms with Gasteiger partial charge < -0.3 is 15.4 Å². The summed E-state index contributed by atoms with van der Waals surface area (Å²) >= 11 is 2.20. The van der Waals surface area contributed by atoms with Gasteiger partial charge in [0, 0.05) is 7.05 Å². The maximum atomic E-state index is 12.3. The number of carbonyl (C=O) groups is 3. The topological polar surface area (TPSA) is 135 Å². The SMILES string of the molecule is CCOC(=O)c1c(NC(=O)Cn2nc(SC)[nH]c2=O)sc(C(=O)NC)c1C. The molecule has 12 heteroatoms. The van der Waals surface area contributed by atoms with E-state index in [1.165, 1.54) is 18.8 Å². The Morgan fingerprint density at radius 1 is 1.37 bits per heavy atom. The van der Waals surface area contributed by atoms with Crippen molar-refractivity contribution in [1.82, 2.24) is 20.1 Å². The molecule has 2 heterocycles. The van der Waals surface area contributed by atoms with Crippen molar-refractivity contribution in [2.75, 3.05) is 25.2 Å². The van der Waals surface area contributed by atoms with Crippen LogP contribution in [0.5, 0.6) is 0 Å². The lowest BCUT2D eigenvalue weighted by atomic mass is 10.1. The van der Waals surface area contributed by atoms with Gasteiger partial charge in [-0.3, -0.25) is 14.6 Å². The second-order valence-corrected chi connectivity index (χ2v) is 7.02. The van der Waals surface area contributed by atoms with Crippen LogP contribution >= 0.6 is 23.1 Å². The van der Waals surface area contributed by atoms with Crippen LogP contribution in [0.2, 0.25) is 0 Å². The Labute approximate surface area is 162 Å². The zero-order chi connectivity index (χ0) is 20.1. The van der Waals surface area contributed by atoms with Gasteiger partial charge in [-0.05, 0) is 25.7 Å². The van der Waals surface area contributed by atoms with Crippen LogP contribution in [0.15, 0.2) is 9.95 Å². The first-order valence-electron chi connectivity index (χ1n) is 7.85. The van der Waals surface area contributed by atoms with Gasteiger partial charge in [0.2, 0.25) is 5.91 Å². The second-order valence-electron chi connectivity index (χ2n) is 5.21. The Morgan fingerprint density at radius 2 is 2.07 bits per heavy atom. The van der Waals surface area contributed by atoms with E-state index in [-0.39, 0.29) is 34.5 Å². The van der Waals surface area contributed by atoms with Crippen molar-refractivity contribution in [3.8, 4) is 0 Å². The molecule has 0 bridgehead atoms. The molecular weight excluding hydrogens is 394 g/mol. The van der Waals surface area contributed by atoms with Crippen LogP contribution in [-0.4, -0.2) is 52.5 Å². The summed E-state index contributed by atoms with van der Waals surface area (Å²) in [5.74, 6) is -1.58. The van der Waals surface area contributed by atoms with Crippen molar-refractivity contribution < 1.29 is 19.1 Å². The van der Waals surface area contributed by atoms with Crippen LogP contribution in [0.25, 0.3) is 0 Å². The molecule has 0 aliphatic carbocycles. The number of esters is 1. The Morgan fingerprint density at radius 3 is 2.63 bits per heavy atom. The van der Waals surface area contributed by atoms with Crippen LogP contribution in [0.1, 0.15) is 32.5 Å². The highest BCUT2D eigenvalue weighted by atomic mass is 32.2. The zero-order valence-corrected chi connectivity index (χ0v) is 16.8. The maximum absolute atomic E-state index is 12.3. The van der Waals surface area contributed by atoms with E-state index in [0.29, 0.717) is 10.7 Å². The molecule has 27 heavy (non-hydrogen) atoms. The molecule has 0 fully saturated rings. The van der Waals surface area contributed by atoms with Gasteiger partial charge in [0.25, 0.3) is 5.91 Å². The first-order chi connectivity index (χ1) is 12.8. The van der Waals surface area contributed by atoms with E-state index in [4.69, 9.17) is 4.74 Å². The van der Waals surface area contributed by atoms with Crippen molar-refractivity contribution in [3.63, 3.8) is 0 Å². The van der Waals surface area contributed by atoms with Gasteiger partial charge >= 0.3 is 11.7 Å². The Kier molecular flexibility index (Phi) is 6.80. The minimum atomic E-state index is -0.640. The molecule has 0 atom stereocenters. The molecule has 10 nitrogen and oxygen atoms in total. The fourth-order valence-electron chi connectivity index (χ4n) is 2.22. The van der Waals surface area contributed by atoms with Gasteiger partial charge in [-0.2, -0.15) is 0 Å². The molecule has 0 saturated heterocycles. The van der Waals surface area contributed by atoms with Crippen molar-refractivity contribution >= 4 is 45.9 Å². The van der Waals surface area contributed by atoms with Gasteiger partial charge in [0.1, 0.15) is 11.5 Å². The summed E-state index contributed by atoms with van der Waals surface area (Å²) in [4.78, 5) is 51.2. The van der Waals surface area contributed by atoms with Crippen LogP contribution in [0, 0.1) is 6.92 Å². The number of aromatic amines is 1. The summed E-state index contributed by atoms with van der Waals surface area (Å²) in [5, 5.41) is 9.59. The van der Waals surface area contributed by atoms with Crippen LogP contribution < -0.4 is 16.3 Å². The average Bonchev–Trinajstić information content (AvgIpc) is 3.14. The van der Waals surface area contributed by atoms with Gasteiger partial charge in [0.05, 0.1) is 17.0 Å². The first-order valence-corrected chi connectivity index (χ1v) is 9.90. The molecule has 2 aromatic heterocycles. The number of thiophene rings is 1. The monoisotopic (exact) mass is 413 g/mol. The predicted molar refractivity (Wildman–Crippen MR) is 102 cm³/mol. The van der Waals surface area contributed by atoms with Crippen molar-refractivity contribution in [2.24, 2.45) is 0 Å². The van der Waals surface area contributed by atoms with Crippen LogP contribution in [0.3, 0.4) is 0 Å². The van der Waals surface area contributed by atoms with Gasteiger partial charge in [-0.15, -0.1) is 16.4 Å². The molecule has 0 radical (unpaired) electrons. The smallest absolute Gasteiger partial charge is 0.344 e. The number of carbonyl (C=O) groups excluding carboxylic acids is 3. The molecule has 0 aliphatic rings. The third kappa shape index (κ3) is 4.57. The summed E-state index contributed by atoms with van der Waals surface area (Å²) < 4.78 is 6.00. The molecule has 3 N–H and O–H groups in total. The minimum absolute atomic E-state index is 0.118. The maximum Gasteiger partial charge on any atom is 0.344 e. The third-order valence-electron chi connectivity index (χ3n) is 3.46. The van der Waals surface area contributed by atoms with Gasteiger partial charge in [0.15, 0.2) is 5.16 Å². The normalized spacial score (nSPS) is 10.5. The lowest BCUT2D eigenvalue weighted by Crippen LogP contribution is -2.27.